The lowest BCUT2D eigenvalue weighted by Gasteiger charge is -2.25. The molecule has 0 bridgehead atoms. The quantitative estimate of drug-likeness (QED) is 0.556. The van der Waals surface area contributed by atoms with Crippen molar-refractivity contribution in [3.05, 3.63) is 94.5 Å². The lowest BCUT2D eigenvalue weighted by Crippen LogP contribution is -2.30. The van der Waals surface area contributed by atoms with Crippen molar-refractivity contribution in [1.82, 2.24) is 5.32 Å². The number of sulfonamides is 1. The van der Waals surface area contributed by atoms with Crippen molar-refractivity contribution in [3.63, 3.8) is 0 Å². The molecule has 1 N–H and O–H groups in total. The van der Waals surface area contributed by atoms with Crippen LogP contribution in [0.15, 0.2) is 66.7 Å². The highest BCUT2D eigenvalue weighted by Crippen LogP contribution is 2.26. The van der Waals surface area contributed by atoms with E-state index in [1.165, 1.54) is 10.6 Å². The van der Waals surface area contributed by atoms with Crippen molar-refractivity contribution in [1.29, 1.82) is 0 Å². The molecule has 0 aliphatic carbocycles. The number of amides is 1. The molecule has 0 aliphatic rings. The lowest BCUT2D eigenvalue weighted by atomic mass is 10.1. The number of benzene rings is 3. The molecule has 1 amide bonds. The molecule has 0 heterocycles. The Morgan fingerprint density at radius 3 is 2.34 bits per heavy atom. The van der Waals surface area contributed by atoms with Crippen molar-refractivity contribution < 1.29 is 17.9 Å². The Bertz CT molecular complexity index is 1200. The van der Waals surface area contributed by atoms with Crippen LogP contribution in [0.2, 0.25) is 0 Å². The Hall–Kier alpha value is -3.32. The third-order valence-electron chi connectivity index (χ3n) is 5.21. The van der Waals surface area contributed by atoms with Crippen LogP contribution in [0.4, 0.5) is 5.69 Å². The van der Waals surface area contributed by atoms with Crippen LogP contribution in [0, 0.1) is 13.8 Å². The third kappa shape index (κ3) is 5.68. The molecule has 0 aliphatic heterocycles. The summed E-state index contributed by atoms with van der Waals surface area (Å²) >= 11 is 0. The number of para-hydroxylation sites is 1. The average molecular weight is 453 g/mol. The minimum atomic E-state index is -3.49. The van der Waals surface area contributed by atoms with Gasteiger partial charge in [-0.15, -0.1) is 0 Å². The molecule has 3 aromatic carbocycles. The molecule has 0 saturated heterocycles. The highest BCUT2D eigenvalue weighted by molar-refractivity contribution is 7.92. The van der Waals surface area contributed by atoms with Crippen molar-refractivity contribution in [2.75, 3.05) is 17.7 Å². The van der Waals surface area contributed by atoms with Gasteiger partial charge in [-0.05, 0) is 54.8 Å². The number of rotatable bonds is 8. The van der Waals surface area contributed by atoms with E-state index in [0.717, 1.165) is 28.0 Å². The fourth-order valence-electron chi connectivity index (χ4n) is 3.42. The predicted molar refractivity (Wildman–Crippen MR) is 128 cm³/mol. The summed E-state index contributed by atoms with van der Waals surface area (Å²) in [5.74, 6) is 0.507. The van der Waals surface area contributed by atoms with Crippen molar-refractivity contribution >= 4 is 21.6 Å². The molecule has 0 spiro atoms. The monoisotopic (exact) mass is 452 g/mol. The molecule has 0 aromatic heterocycles. The number of hydrogen-bond acceptors (Lipinski definition) is 4. The minimum Gasteiger partial charge on any atom is -0.496 e. The molecule has 7 heteroatoms. The van der Waals surface area contributed by atoms with Gasteiger partial charge in [0, 0.05) is 17.7 Å². The zero-order valence-electron chi connectivity index (χ0n) is 18.8. The number of carbonyl (C=O) groups excluding carboxylic acids is 1. The van der Waals surface area contributed by atoms with E-state index >= 15 is 0 Å². The molecule has 168 valence electrons. The number of aryl methyl sites for hydroxylation is 2. The normalized spacial score (nSPS) is 11.1. The van der Waals surface area contributed by atoms with E-state index in [-0.39, 0.29) is 12.5 Å². The van der Waals surface area contributed by atoms with Crippen LogP contribution < -0.4 is 14.4 Å². The first-order chi connectivity index (χ1) is 15.2. The SMILES string of the molecule is COc1ccccc1CNC(=O)c1ccc(CN(c2cc(C)ccc2C)S(C)(=O)=O)cc1. The van der Waals surface area contributed by atoms with Crippen LogP contribution in [-0.2, 0) is 23.1 Å². The number of nitrogens with one attached hydrogen (secondary N) is 1. The fraction of sp³-hybridized carbons (Fsp3) is 0.240. The van der Waals surface area contributed by atoms with Crippen LogP contribution in [0.1, 0.15) is 32.6 Å². The summed E-state index contributed by atoms with van der Waals surface area (Å²) in [4.78, 5) is 12.6. The zero-order chi connectivity index (χ0) is 23.3. The summed E-state index contributed by atoms with van der Waals surface area (Å²) in [5.41, 5.74) is 4.71. The van der Waals surface area contributed by atoms with Crippen LogP contribution >= 0.6 is 0 Å². The highest BCUT2D eigenvalue weighted by atomic mass is 32.2. The summed E-state index contributed by atoms with van der Waals surface area (Å²) in [6, 6.07) is 20.2. The van der Waals surface area contributed by atoms with E-state index in [2.05, 4.69) is 5.32 Å². The van der Waals surface area contributed by atoms with E-state index in [1.807, 2.05) is 56.3 Å². The summed E-state index contributed by atoms with van der Waals surface area (Å²) in [6.07, 6.45) is 1.20. The number of anilines is 1. The van der Waals surface area contributed by atoms with E-state index in [9.17, 15) is 13.2 Å². The van der Waals surface area contributed by atoms with Gasteiger partial charge in [0.2, 0.25) is 10.0 Å². The Morgan fingerprint density at radius 2 is 1.69 bits per heavy atom. The zero-order valence-corrected chi connectivity index (χ0v) is 19.6. The fourth-order valence-corrected chi connectivity index (χ4v) is 4.36. The Labute approximate surface area is 189 Å². The first kappa shape index (κ1) is 23.3. The van der Waals surface area contributed by atoms with Gasteiger partial charge in [0.05, 0.1) is 25.6 Å². The third-order valence-corrected chi connectivity index (χ3v) is 6.33. The van der Waals surface area contributed by atoms with Crippen LogP contribution in [-0.4, -0.2) is 27.7 Å². The molecular weight excluding hydrogens is 424 g/mol. The summed E-state index contributed by atoms with van der Waals surface area (Å²) in [5, 5.41) is 2.89. The van der Waals surface area contributed by atoms with E-state index < -0.39 is 10.0 Å². The topological polar surface area (TPSA) is 75.7 Å². The highest BCUT2D eigenvalue weighted by Gasteiger charge is 2.20. The molecule has 0 atom stereocenters. The van der Waals surface area contributed by atoms with Crippen molar-refractivity contribution in [2.24, 2.45) is 0 Å². The van der Waals surface area contributed by atoms with Gasteiger partial charge in [0.15, 0.2) is 0 Å². The van der Waals surface area contributed by atoms with Gasteiger partial charge in [-0.1, -0.05) is 42.5 Å². The van der Waals surface area contributed by atoms with Crippen LogP contribution in [0.5, 0.6) is 5.75 Å². The van der Waals surface area contributed by atoms with Gasteiger partial charge in [-0.2, -0.15) is 0 Å². The van der Waals surface area contributed by atoms with Gasteiger partial charge in [0.25, 0.3) is 5.91 Å². The number of ether oxygens (including phenoxy) is 1. The smallest absolute Gasteiger partial charge is 0.251 e. The minimum absolute atomic E-state index is 0.187. The molecule has 0 radical (unpaired) electrons. The first-order valence-electron chi connectivity index (χ1n) is 10.2. The Balaban J connectivity index is 1.74. The van der Waals surface area contributed by atoms with Gasteiger partial charge in [-0.3, -0.25) is 9.10 Å². The van der Waals surface area contributed by atoms with Gasteiger partial charge in [0.1, 0.15) is 5.75 Å². The van der Waals surface area contributed by atoms with Crippen LogP contribution in [0.3, 0.4) is 0 Å². The number of methoxy groups -OCH3 is 1. The van der Waals surface area contributed by atoms with Crippen LogP contribution in [0.25, 0.3) is 0 Å². The van der Waals surface area contributed by atoms with E-state index in [1.54, 1.807) is 31.4 Å². The molecule has 0 unspecified atom stereocenters. The summed E-state index contributed by atoms with van der Waals surface area (Å²) in [6.45, 7) is 4.36. The number of hydrogen-bond donors (Lipinski definition) is 1. The largest absolute Gasteiger partial charge is 0.496 e. The second-order valence-corrected chi connectivity index (χ2v) is 9.66. The van der Waals surface area contributed by atoms with Crippen molar-refractivity contribution in [2.45, 2.75) is 26.9 Å². The van der Waals surface area contributed by atoms with E-state index in [4.69, 9.17) is 4.74 Å². The molecule has 6 nitrogen and oxygen atoms in total. The molecule has 0 fully saturated rings. The van der Waals surface area contributed by atoms with E-state index in [0.29, 0.717) is 17.8 Å². The van der Waals surface area contributed by atoms with Crippen molar-refractivity contribution in [3.8, 4) is 5.75 Å². The van der Waals surface area contributed by atoms with Gasteiger partial charge >= 0.3 is 0 Å². The maximum absolute atomic E-state index is 12.6. The Morgan fingerprint density at radius 1 is 1.00 bits per heavy atom. The summed E-state index contributed by atoms with van der Waals surface area (Å²) in [7, 11) is -1.89. The maximum atomic E-state index is 12.6. The number of carbonyl (C=O) groups is 1. The first-order valence-corrected chi connectivity index (χ1v) is 12.1. The molecular formula is C25H28N2O4S. The summed E-state index contributed by atoms with van der Waals surface area (Å²) < 4.78 is 31.7. The Kier molecular flexibility index (Phi) is 7.20. The van der Waals surface area contributed by atoms with Gasteiger partial charge < -0.3 is 10.1 Å². The van der Waals surface area contributed by atoms with Gasteiger partial charge in [-0.25, -0.2) is 8.42 Å². The lowest BCUT2D eigenvalue weighted by molar-refractivity contribution is 0.0950. The maximum Gasteiger partial charge on any atom is 0.251 e. The predicted octanol–water partition coefficient (Wildman–Crippen LogP) is 4.21. The molecule has 32 heavy (non-hydrogen) atoms. The second-order valence-electron chi connectivity index (χ2n) is 7.75. The average Bonchev–Trinajstić information content (AvgIpc) is 2.77. The molecule has 0 saturated carbocycles. The second kappa shape index (κ2) is 9.87. The standard InChI is InChI=1S/C25H28N2O4S/c1-18-9-10-19(2)23(15-18)27(32(4,29)30)17-20-11-13-21(14-12-20)25(28)26-16-22-7-5-6-8-24(22)31-3/h5-15H,16-17H2,1-4H3,(H,26,28). The molecule has 3 aromatic rings. The molecule has 3 rings (SSSR count). The number of nitrogens with zero attached hydrogens (tertiary/aromatic N) is 1.